The number of hydrogen-bond acceptors (Lipinski definition) is 6. The molecule has 0 spiro atoms. The lowest BCUT2D eigenvalue weighted by Crippen LogP contribution is -2.52. The number of fused-ring (bicyclic) bond motifs is 1. The maximum absolute atomic E-state index is 12.9. The molecule has 0 amide bonds. The van der Waals surface area contributed by atoms with Gasteiger partial charge in [0, 0.05) is 37.2 Å². The fraction of sp³-hybridized carbons (Fsp3) is 0.381. The van der Waals surface area contributed by atoms with Crippen molar-refractivity contribution in [2.75, 3.05) is 19.7 Å². The Hall–Kier alpha value is -2.98. The van der Waals surface area contributed by atoms with Crippen molar-refractivity contribution >= 4 is 10.0 Å². The summed E-state index contributed by atoms with van der Waals surface area (Å²) in [6.07, 6.45) is 0.724. The lowest BCUT2D eigenvalue weighted by Gasteiger charge is -2.38. The number of aryl methyl sites for hydroxylation is 2. The zero-order valence-corrected chi connectivity index (χ0v) is 18.2. The quantitative estimate of drug-likeness (QED) is 0.592. The molecule has 2 aliphatic heterocycles. The largest absolute Gasteiger partial charge is 0.493 e. The molecule has 3 aromatic rings. The van der Waals surface area contributed by atoms with Crippen LogP contribution in [0.4, 0.5) is 0 Å². The Morgan fingerprint density at radius 3 is 2.65 bits per heavy atom. The molecule has 2 aromatic heterocycles. The van der Waals surface area contributed by atoms with Crippen LogP contribution in [-0.4, -0.2) is 52.0 Å². The summed E-state index contributed by atoms with van der Waals surface area (Å²) in [4.78, 5) is 12.6. The second-order valence-corrected chi connectivity index (χ2v) is 10.0. The van der Waals surface area contributed by atoms with Gasteiger partial charge in [0.1, 0.15) is 5.75 Å². The van der Waals surface area contributed by atoms with E-state index in [0.29, 0.717) is 32.1 Å². The van der Waals surface area contributed by atoms with E-state index in [1.165, 1.54) is 15.1 Å². The van der Waals surface area contributed by atoms with Gasteiger partial charge in [0.2, 0.25) is 10.0 Å². The molecule has 2 aliphatic rings. The molecule has 0 saturated carbocycles. The van der Waals surface area contributed by atoms with Crippen LogP contribution in [0.3, 0.4) is 0 Å². The first kappa shape index (κ1) is 20.0. The Kier molecular flexibility index (Phi) is 4.71. The van der Waals surface area contributed by atoms with Gasteiger partial charge in [0.15, 0.2) is 5.82 Å². The van der Waals surface area contributed by atoms with Gasteiger partial charge in [0.25, 0.3) is 5.56 Å². The van der Waals surface area contributed by atoms with Crippen molar-refractivity contribution in [2.45, 2.75) is 31.7 Å². The molecule has 162 valence electrons. The highest BCUT2D eigenvalue weighted by atomic mass is 32.2. The van der Waals surface area contributed by atoms with Crippen LogP contribution in [-0.2, 0) is 23.0 Å². The molecule has 0 bridgehead atoms. The van der Waals surface area contributed by atoms with E-state index in [2.05, 4.69) is 10.2 Å². The van der Waals surface area contributed by atoms with E-state index in [1.54, 1.807) is 28.9 Å². The van der Waals surface area contributed by atoms with Gasteiger partial charge in [-0.2, -0.15) is 9.40 Å². The molecular weight excluding hydrogens is 418 g/mol. The molecule has 0 radical (unpaired) electrons. The SMILES string of the molecule is Cc1cc(C)n(-c2ccc(=O)n(CC3CN(S(=O)(=O)c4ccc5c(c4)CCO5)C3)n2)n1. The third-order valence-corrected chi connectivity index (χ3v) is 7.56. The molecule has 1 fully saturated rings. The number of rotatable bonds is 5. The number of ether oxygens (including phenoxy) is 1. The highest BCUT2D eigenvalue weighted by Gasteiger charge is 2.37. The second-order valence-electron chi connectivity index (χ2n) is 8.11. The van der Waals surface area contributed by atoms with Crippen LogP contribution in [0.1, 0.15) is 17.0 Å². The van der Waals surface area contributed by atoms with Gasteiger partial charge in [-0.1, -0.05) is 0 Å². The Labute approximate surface area is 179 Å². The second kappa shape index (κ2) is 7.31. The summed E-state index contributed by atoms with van der Waals surface area (Å²) in [5.41, 5.74) is 2.51. The molecule has 1 aromatic carbocycles. The van der Waals surface area contributed by atoms with Crippen molar-refractivity contribution in [2.24, 2.45) is 5.92 Å². The van der Waals surface area contributed by atoms with E-state index < -0.39 is 10.0 Å². The number of aromatic nitrogens is 4. The summed E-state index contributed by atoms with van der Waals surface area (Å²) in [6.45, 7) is 5.48. The lowest BCUT2D eigenvalue weighted by atomic mass is 10.0. The zero-order chi connectivity index (χ0) is 21.8. The molecular formula is C21H23N5O4S. The Balaban J connectivity index is 1.30. The number of sulfonamides is 1. The van der Waals surface area contributed by atoms with Gasteiger partial charge in [-0.25, -0.2) is 17.8 Å². The molecule has 4 heterocycles. The molecule has 0 unspecified atom stereocenters. The number of benzene rings is 1. The highest BCUT2D eigenvalue weighted by molar-refractivity contribution is 7.89. The van der Waals surface area contributed by atoms with Gasteiger partial charge in [0.05, 0.1) is 23.7 Å². The predicted molar refractivity (Wildman–Crippen MR) is 113 cm³/mol. The van der Waals surface area contributed by atoms with E-state index in [0.717, 1.165) is 29.1 Å². The first-order chi connectivity index (χ1) is 14.8. The molecule has 0 N–H and O–H groups in total. The van der Waals surface area contributed by atoms with E-state index in [4.69, 9.17) is 4.74 Å². The van der Waals surface area contributed by atoms with E-state index in [9.17, 15) is 13.2 Å². The lowest BCUT2D eigenvalue weighted by molar-refractivity contribution is 0.172. The van der Waals surface area contributed by atoms with Crippen molar-refractivity contribution in [3.63, 3.8) is 0 Å². The van der Waals surface area contributed by atoms with Crippen molar-refractivity contribution in [3.8, 4) is 11.6 Å². The van der Waals surface area contributed by atoms with Crippen LogP contribution in [0.15, 0.2) is 46.1 Å². The molecule has 0 aliphatic carbocycles. The van der Waals surface area contributed by atoms with Crippen LogP contribution in [0, 0.1) is 19.8 Å². The van der Waals surface area contributed by atoms with Crippen LogP contribution < -0.4 is 10.3 Å². The number of nitrogens with zero attached hydrogens (tertiary/aromatic N) is 5. The average molecular weight is 442 g/mol. The average Bonchev–Trinajstić information content (AvgIpc) is 3.30. The predicted octanol–water partition coefficient (Wildman–Crippen LogP) is 1.30. The highest BCUT2D eigenvalue weighted by Crippen LogP contribution is 2.31. The summed E-state index contributed by atoms with van der Waals surface area (Å²) in [6, 6.07) is 10.1. The molecule has 9 nitrogen and oxygen atoms in total. The van der Waals surface area contributed by atoms with Crippen LogP contribution in [0.25, 0.3) is 5.82 Å². The molecule has 10 heteroatoms. The third-order valence-electron chi connectivity index (χ3n) is 5.73. The summed E-state index contributed by atoms with van der Waals surface area (Å²) < 4.78 is 35.9. The summed E-state index contributed by atoms with van der Waals surface area (Å²) in [7, 11) is -3.56. The molecule has 31 heavy (non-hydrogen) atoms. The van der Waals surface area contributed by atoms with Gasteiger partial charge >= 0.3 is 0 Å². The third kappa shape index (κ3) is 3.55. The van der Waals surface area contributed by atoms with E-state index >= 15 is 0 Å². The number of hydrogen-bond donors (Lipinski definition) is 0. The van der Waals surface area contributed by atoms with E-state index in [1.807, 2.05) is 19.9 Å². The molecule has 0 atom stereocenters. The summed E-state index contributed by atoms with van der Waals surface area (Å²) in [5, 5.41) is 8.86. The van der Waals surface area contributed by atoms with E-state index in [-0.39, 0.29) is 16.4 Å². The normalized spacial score (nSPS) is 16.7. The Morgan fingerprint density at radius 1 is 1.10 bits per heavy atom. The van der Waals surface area contributed by atoms with Gasteiger partial charge < -0.3 is 4.74 Å². The Morgan fingerprint density at radius 2 is 1.90 bits per heavy atom. The first-order valence-corrected chi connectivity index (χ1v) is 11.6. The minimum atomic E-state index is -3.56. The minimum absolute atomic E-state index is 0.0217. The Bertz CT molecular complexity index is 1320. The van der Waals surface area contributed by atoms with Crippen LogP contribution in [0.2, 0.25) is 0 Å². The fourth-order valence-electron chi connectivity index (χ4n) is 4.09. The first-order valence-electron chi connectivity index (χ1n) is 10.2. The molecule has 1 saturated heterocycles. The zero-order valence-electron chi connectivity index (χ0n) is 17.4. The van der Waals surface area contributed by atoms with Crippen molar-refractivity contribution in [1.29, 1.82) is 0 Å². The molecule has 5 rings (SSSR count). The van der Waals surface area contributed by atoms with Gasteiger partial charge in [-0.05, 0) is 49.7 Å². The van der Waals surface area contributed by atoms with Crippen molar-refractivity contribution < 1.29 is 13.2 Å². The monoisotopic (exact) mass is 441 g/mol. The van der Waals surface area contributed by atoms with Crippen LogP contribution in [0.5, 0.6) is 5.75 Å². The summed E-state index contributed by atoms with van der Waals surface area (Å²) in [5.74, 6) is 1.34. The maximum atomic E-state index is 12.9. The van der Waals surface area contributed by atoms with Gasteiger partial charge in [-0.3, -0.25) is 4.79 Å². The van der Waals surface area contributed by atoms with Crippen LogP contribution >= 0.6 is 0 Å². The standard InChI is InChI=1S/C21H23N5O4S/c1-14-9-15(2)26(22-14)20-5-6-21(27)25(23-20)13-16-11-24(12-16)31(28,29)18-3-4-19-17(10-18)7-8-30-19/h3-6,9-10,16H,7-8,11-13H2,1-2H3. The van der Waals surface area contributed by atoms with Crippen molar-refractivity contribution in [3.05, 3.63) is 63.7 Å². The maximum Gasteiger partial charge on any atom is 0.266 e. The smallest absolute Gasteiger partial charge is 0.266 e. The van der Waals surface area contributed by atoms with Gasteiger partial charge in [-0.15, -0.1) is 5.10 Å². The summed E-state index contributed by atoms with van der Waals surface area (Å²) >= 11 is 0. The topological polar surface area (TPSA) is 99.3 Å². The fourth-order valence-corrected chi connectivity index (χ4v) is 5.74. The minimum Gasteiger partial charge on any atom is -0.493 e. The van der Waals surface area contributed by atoms with Crippen molar-refractivity contribution in [1.82, 2.24) is 23.9 Å².